The van der Waals surface area contributed by atoms with Crippen LogP contribution in [0, 0.1) is 17.8 Å². The lowest BCUT2D eigenvalue weighted by molar-refractivity contribution is -0.131. The zero-order valence-electron chi connectivity index (χ0n) is 17.2. The summed E-state index contributed by atoms with van der Waals surface area (Å²) in [6.07, 6.45) is 10.8. The zero-order chi connectivity index (χ0) is 20.9. The first kappa shape index (κ1) is 19.7. The van der Waals surface area contributed by atoms with Gasteiger partial charge in [0.25, 0.3) is 0 Å². The summed E-state index contributed by atoms with van der Waals surface area (Å²) in [5.74, 6) is 2.64. The van der Waals surface area contributed by atoms with E-state index in [0.717, 1.165) is 46.3 Å². The van der Waals surface area contributed by atoms with E-state index in [0.29, 0.717) is 5.02 Å². The van der Waals surface area contributed by atoms with Crippen molar-refractivity contribution in [2.24, 2.45) is 17.8 Å². The number of carboxylic acids is 1. The van der Waals surface area contributed by atoms with Crippen LogP contribution < -0.4 is 4.74 Å². The van der Waals surface area contributed by atoms with Gasteiger partial charge in [0, 0.05) is 22.2 Å². The quantitative estimate of drug-likeness (QED) is 0.553. The highest BCUT2D eigenvalue weighted by Crippen LogP contribution is 2.62. The summed E-state index contributed by atoms with van der Waals surface area (Å²) in [5, 5.41) is 9.47. The average molecular weight is 423 g/mol. The molecule has 2 aromatic rings. The molecule has 30 heavy (non-hydrogen) atoms. The van der Waals surface area contributed by atoms with Crippen molar-refractivity contribution in [1.82, 2.24) is 0 Å². The lowest BCUT2D eigenvalue weighted by Crippen LogP contribution is -2.48. The molecule has 4 heteroatoms. The molecule has 1 N–H and O–H groups in total. The molecule has 4 aliphatic rings. The van der Waals surface area contributed by atoms with Gasteiger partial charge in [0.05, 0.1) is 7.11 Å². The Balaban J connectivity index is 1.54. The van der Waals surface area contributed by atoms with Crippen molar-refractivity contribution in [3.05, 3.63) is 58.6 Å². The Hall–Kier alpha value is -2.26. The fourth-order valence-corrected chi connectivity index (χ4v) is 7.07. The van der Waals surface area contributed by atoms with E-state index in [1.54, 1.807) is 13.2 Å². The lowest BCUT2D eigenvalue weighted by atomic mass is 9.48. The number of hydrogen-bond donors (Lipinski definition) is 1. The summed E-state index contributed by atoms with van der Waals surface area (Å²) in [5.41, 5.74) is 4.44. The van der Waals surface area contributed by atoms with Gasteiger partial charge >= 0.3 is 5.97 Å². The van der Waals surface area contributed by atoms with Crippen LogP contribution in [0.5, 0.6) is 5.75 Å². The number of benzene rings is 2. The summed E-state index contributed by atoms with van der Waals surface area (Å²) >= 11 is 6.61. The maximum atomic E-state index is 10.8. The van der Waals surface area contributed by atoms with E-state index in [9.17, 15) is 4.79 Å². The molecule has 3 nitrogen and oxygen atoms in total. The molecule has 0 amide bonds. The van der Waals surface area contributed by atoms with Gasteiger partial charge in [0.1, 0.15) is 5.75 Å². The van der Waals surface area contributed by atoms with Crippen LogP contribution >= 0.6 is 11.6 Å². The third-order valence-corrected chi connectivity index (χ3v) is 7.84. The van der Waals surface area contributed by atoms with Gasteiger partial charge in [-0.25, -0.2) is 4.79 Å². The van der Waals surface area contributed by atoms with Gasteiger partial charge in [0.2, 0.25) is 0 Å². The first-order chi connectivity index (χ1) is 14.5. The third-order valence-electron chi connectivity index (χ3n) is 7.53. The molecule has 0 aromatic heterocycles. The Labute approximate surface area is 182 Å². The Kier molecular flexibility index (Phi) is 4.89. The first-order valence-corrected chi connectivity index (χ1v) is 11.2. The fourth-order valence-electron chi connectivity index (χ4n) is 6.77. The van der Waals surface area contributed by atoms with E-state index in [1.165, 1.54) is 44.1 Å². The van der Waals surface area contributed by atoms with Crippen molar-refractivity contribution in [3.8, 4) is 16.9 Å². The number of ether oxygens (including phenoxy) is 1. The van der Waals surface area contributed by atoms with Crippen LogP contribution in [-0.2, 0) is 10.2 Å². The number of aliphatic carboxylic acids is 1. The second-order valence-electron chi connectivity index (χ2n) is 9.52. The minimum Gasteiger partial charge on any atom is -0.496 e. The monoisotopic (exact) mass is 422 g/mol. The Bertz CT molecular complexity index is 988. The smallest absolute Gasteiger partial charge is 0.328 e. The maximum absolute atomic E-state index is 10.8. The van der Waals surface area contributed by atoms with Crippen molar-refractivity contribution >= 4 is 23.6 Å². The van der Waals surface area contributed by atoms with Crippen LogP contribution in [0.25, 0.3) is 17.2 Å². The molecule has 6 rings (SSSR count). The molecule has 4 fully saturated rings. The minimum absolute atomic E-state index is 0.243. The molecule has 4 bridgehead atoms. The SMILES string of the molecule is COc1ccc(-c2ccc(/C=C/C(=O)O)cc2Cl)cc1C12CC3CC(CC(C3)C1)C2. The summed E-state index contributed by atoms with van der Waals surface area (Å²) in [6.45, 7) is 0. The molecule has 0 spiro atoms. The van der Waals surface area contributed by atoms with Crippen molar-refractivity contribution in [1.29, 1.82) is 0 Å². The van der Waals surface area contributed by atoms with Crippen molar-refractivity contribution in [2.45, 2.75) is 43.9 Å². The minimum atomic E-state index is -0.967. The maximum Gasteiger partial charge on any atom is 0.328 e. The van der Waals surface area contributed by atoms with E-state index < -0.39 is 5.97 Å². The van der Waals surface area contributed by atoms with Crippen molar-refractivity contribution in [2.75, 3.05) is 7.11 Å². The van der Waals surface area contributed by atoms with Gasteiger partial charge in [0.15, 0.2) is 0 Å². The Morgan fingerprint density at radius 2 is 1.73 bits per heavy atom. The molecular weight excluding hydrogens is 396 g/mol. The molecule has 4 aliphatic carbocycles. The average Bonchev–Trinajstić information content (AvgIpc) is 2.71. The summed E-state index contributed by atoms with van der Waals surface area (Å²) < 4.78 is 5.83. The van der Waals surface area contributed by atoms with E-state index >= 15 is 0 Å². The number of carbonyl (C=O) groups is 1. The van der Waals surface area contributed by atoms with Crippen LogP contribution in [0.4, 0.5) is 0 Å². The number of methoxy groups -OCH3 is 1. The van der Waals surface area contributed by atoms with E-state index in [1.807, 2.05) is 18.2 Å². The second-order valence-corrected chi connectivity index (χ2v) is 9.93. The van der Waals surface area contributed by atoms with Gasteiger partial charge in [-0.3, -0.25) is 0 Å². The number of halogens is 1. The molecule has 0 saturated heterocycles. The van der Waals surface area contributed by atoms with Crippen LogP contribution in [0.1, 0.15) is 49.7 Å². The lowest BCUT2D eigenvalue weighted by Gasteiger charge is -2.57. The normalized spacial score (nSPS) is 29.5. The molecule has 4 saturated carbocycles. The van der Waals surface area contributed by atoms with Gasteiger partial charge in [-0.15, -0.1) is 0 Å². The van der Waals surface area contributed by atoms with E-state index in [4.69, 9.17) is 21.4 Å². The van der Waals surface area contributed by atoms with Crippen LogP contribution in [0.15, 0.2) is 42.5 Å². The standard InChI is InChI=1S/C26H27ClO3/c1-30-24-6-4-20(21-5-2-16(11-23(21)27)3-7-25(28)29)12-22(24)26-13-17-8-18(14-26)10-19(9-17)15-26/h2-7,11-12,17-19H,8-10,13-15H2,1H3,(H,28,29)/b7-3+. The van der Waals surface area contributed by atoms with Crippen molar-refractivity contribution in [3.63, 3.8) is 0 Å². The molecule has 156 valence electrons. The van der Waals surface area contributed by atoms with Crippen LogP contribution in [0.2, 0.25) is 5.02 Å². The van der Waals surface area contributed by atoms with E-state index in [2.05, 4.69) is 18.2 Å². The molecule has 0 heterocycles. The van der Waals surface area contributed by atoms with Gasteiger partial charge < -0.3 is 9.84 Å². The molecular formula is C26H27ClO3. The largest absolute Gasteiger partial charge is 0.496 e. The summed E-state index contributed by atoms with van der Waals surface area (Å²) in [6, 6.07) is 12.2. The summed E-state index contributed by atoms with van der Waals surface area (Å²) in [7, 11) is 1.77. The first-order valence-electron chi connectivity index (χ1n) is 10.9. The van der Waals surface area contributed by atoms with Crippen LogP contribution in [-0.4, -0.2) is 18.2 Å². The van der Waals surface area contributed by atoms with Gasteiger partial charge in [-0.05, 0) is 97.1 Å². The van der Waals surface area contributed by atoms with Crippen LogP contribution in [0.3, 0.4) is 0 Å². The highest BCUT2D eigenvalue weighted by atomic mass is 35.5. The summed E-state index contributed by atoms with van der Waals surface area (Å²) in [4.78, 5) is 10.8. The van der Waals surface area contributed by atoms with Gasteiger partial charge in [-0.1, -0.05) is 29.8 Å². The zero-order valence-corrected chi connectivity index (χ0v) is 18.0. The Morgan fingerprint density at radius 3 is 2.30 bits per heavy atom. The highest BCUT2D eigenvalue weighted by molar-refractivity contribution is 6.33. The second kappa shape index (κ2) is 7.46. The fraction of sp³-hybridized carbons (Fsp3) is 0.423. The number of carboxylic acid groups (broad SMARTS) is 1. The molecule has 0 aliphatic heterocycles. The Morgan fingerprint density at radius 1 is 1.07 bits per heavy atom. The van der Waals surface area contributed by atoms with E-state index in [-0.39, 0.29) is 5.41 Å². The van der Waals surface area contributed by atoms with Crippen molar-refractivity contribution < 1.29 is 14.6 Å². The number of rotatable bonds is 5. The molecule has 0 atom stereocenters. The third kappa shape index (κ3) is 3.43. The topological polar surface area (TPSA) is 46.5 Å². The number of hydrogen-bond acceptors (Lipinski definition) is 2. The molecule has 0 radical (unpaired) electrons. The predicted octanol–water partition coefficient (Wildman–Crippen LogP) is 6.58. The molecule has 0 unspecified atom stereocenters. The highest BCUT2D eigenvalue weighted by Gasteiger charge is 2.52. The predicted molar refractivity (Wildman–Crippen MR) is 120 cm³/mol. The molecule has 2 aromatic carbocycles. The van der Waals surface area contributed by atoms with Gasteiger partial charge in [-0.2, -0.15) is 0 Å².